The minimum atomic E-state index is -0.637. The lowest BCUT2D eigenvalue weighted by Crippen LogP contribution is -2.02. The number of allylic oxidation sites excluding steroid dienone is 2. The number of phenols is 2. The minimum absolute atomic E-state index is 0.0510. The maximum atomic E-state index is 11.9. The molecular formula is C20H17NO7. The second kappa shape index (κ2) is 9.13. The van der Waals surface area contributed by atoms with Crippen molar-refractivity contribution in [3.63, 3.8) is 0 Å². The smallest absolute Gasteiger partial charge is 0.276 e. The second-order valence-electron chi connectivity index (χ2n) is 5.71. The predicted molar refractivity (Wildman–Crippen MR) is 102 cm³/mol. The first-order valence-corrected chi connectivity index (χ1v) is 8.06. The molecule has 0 radical (unpaired) electrons. The zero-order valence-corrected chi connectivity index (χ0v) is 14.9. The molecule has 0 spiro atoms. The van der Waals surface area contributed by atoms with Gasteiger partial charge in [-0.3, -0.25) is 19.7 Å². The fourth-order valence-electron chi connectivity index (χ4n) is 2.31. The molecule has 0 aliphatic carbocycles. The first kappa shape index (κ1) is 20.4. The van der Waals surface area contributed by atoms with E-state index in [0.29, 0.717) is 11.3 Å². The van der Waals surface area contributed by atoms with Crippen LogP contribution in [0.3, 0.4) is 0 Å². The number of nitro benzene ring substituents is 1. The van der Waals surface area contributed by atoms with Gasteiger partial charge >= 0.3 is 0 Å². The Bertz CT molecular complexity index is 977. The number of ketones is 2. The molecule has 0 saturated heterocycles. The summed E-state index contributed by atoms with van der Waals surface area (Å²) in [7, 11) is 1.42. The summed E-state index contributed by atoms with van der Waals surface area (Å²) >= 11 is 0. The number of benzene rings is 2. The van der Waals surface area contributed by atoms with Gasteiger partial charge in [-0.2, -0.15) is 0 Å². The molecule has 0 atom stereocenters. The van der Waals surface area contributed by atoms with Gasteiger partial charge in [0, 0.05) is 6.07 Å². The fraction of sp³-hybridized carbons (Fsp3) is 0.100. The van der Waals surface area contributed by atoms with Gasteiger partial charge in [-0.05, 0) is 48.1 Å². The van der Waals surface area contributed by atoms with E-state index in [1.807, 2.05) is 0 Å². The highest BCUT2D eigenvalue weighted by atomic mass is 16.6. The van der Waals surface area contributed by atoms with Crippen molar-refractivity contribution in [3.8, 4) is 17.2 Å². The summed E-state index contributed by atoms with van der Waals surface area (Å²) < 4.78 is 4.92. The van der Waals surface area contributed by atoms with Crippen molar-refractivity contribution in [2.75, 3.05) is 7.11 Å². The van der Waals surface area contributed by atoms with E-state index >= 15 is 0 Å². The molecule has 0 aromatic heterocycles. The summed E-state index contributed by atoms with van der Waals surface area (Å²) in [5.74, 6) is -0.992. The van der Waals surface area contributed by atoms with E-state index in [2.05, 4.69) is 0 Å². The highest BCUT2D eigenvalue weighted by Crippen LogP contribution is 2.27. The summed E-state index contributed by atoms with van der Waals surface area (Å²) in [6.07, 6.45) is 4.44. The van der Waals surface area contributed by atoms with Crippen LogP contribution in [0.4, 0.5) is 5.69 Å². The quantitative estimate of drug-likeness (QED) is 0.310. The monoisotopic (exact) mass is 383 g/mol. The van der Waals surface area contributed by atoms with Gasteiger partial charge in [-0.15, -0.1) is 0 Å². The van der Waals surface area contributed by atoms with Crippen LogP contribution in [0.2, 0.25) is 0 Å². The molecule has 8 heteroatoms. The third-order valence-electron chi connectivity index (χ3n) is 3.67. The van der Waals surface area contributed by atoms with E-state index in [1.54, 1.807) is 6.07 Å². The van der Waals surface area contributed by atoms with Gasteiger partial charge in [0.15, 0.2) is 23.1 Å². The standard InChI is InChI=1S/C20H17NO7/c1-28-20-9-3-13(10-19(20)25)2-5-16(23)12-17(24)6-4-14-11-15(22)7-8-18(14)21(26)27/h2-11,22,25H,12H2,1H3. The van der Waals surface area contributed by atoms with E-state index in [4.69, 9.17) is 4.74 Å². The van der Waals surface area contributed by atoms with Crippen molar-refractivity contribution in [1.82, 2.24) is 0 Å². The van der Waals surface area contributed by atoms with Crippen LogP contribution in [0.1, 0.15) is 17.5 Å². The van der Waals surface area contributed by atoms with Crippen molar-refractivity contribution in [3.05, 3.63) is 69.8 Å². The van der Waals surface area contributed by atoms with E-state index in [1.165, 1.54) is 43.5 Å². The van der Waals surface area contributed by atoms with Crippen molar-refractivity contribution in [2.45, 2.75) is 6.42 Å². The van der Waals surface area contributed by atoms with E-state index in [9.17, 15) is 29.9 Å². The number of ether oxygens (including phenoxy) is 1. The van der Waals surface area contributed by atoms with Crippen LogP contribution in [0.25, 0.3) is 12.2 Å². The van der Waals surface area contributed by atoms with Gasteiger partial charge in [0.25, 0.3) is 5.69 Å². The Labute approximate surface area is 160 Å². The zero-order valence-electron chi connectivity index (χ0n) is 14.9. The molecule has 0 fully saturated rings. The SMILES string of the molecule is COc1ccc(C=CC(=O)CC(=O)C=Cc2cc(O)ccc2[N+](=O)[O-])cc1O. The summed E-state index contributed by atoms with van der Waals surface area (Å²) in [5, 5.41) is 30.1. The molecule has 2 aromatic carbocycles. The lowest BCUT2D eigenvalue weighted by atomic mass is 10.1. The van der Waals surface area contributed by atoms with Crippen LogP contribution in [0.15, 0.2) is 48.6 Å². The third kappa shape index (κ3) is 5.53. The molecule has 0 amide bonds. The average Bonchev–Trinajstić information content (AvgIpc) is 2.64. The van der Waals surface area contributed by atoms with Crippen LogP contribution >= 0.6 is 0 Å². The molecule has 2 rings (SSSR count). The summed E-state index contributed by atoms with van der Waals surface area (Å²) in [4.78, 5) is 34.1. The molecule has 0 heterocycles. The van der Waals surface area contributed by atoms with Crippen molar-refractivity contribution >= 4 is 29.4 Å². The lowest BCUT2D eigenvalue weighted by Gasteiger charge is -2.03. The number of phenolic OH excluding ortho intramolecular Hbond substituents is 2. The largest absolute Gasteiger partial charge is 0.508 e. The number of aromatic hydroxyl groups is 2. The molecule has 2 aromatic rings. The first-order chi connectivity index (χ1) is 13.3. The number of carbonyl (C=O) groups excluding carboxylic acids is 2. The molecule has 8 nitrogen and oxygen atoms in total. The Morgan fingerprint density at radius 3 is 2.36 bits per heavy atom. The molecule has 0 aliphatic rings. The summed E-state index contributed by atoms with van der Waals surface area (Å²) in [6, 6.07) is 8.02. The number of rotatable bonds is 8. The first-order valence-electron chi connectivity index (χ1n) is 8.06. The third-order valence-corrected chi connectivity index (χ3v) is 3.67. The highest BCUT2D eigenvalue weighted by Gasteiger charge is 2.12. The number of hydrogen-bond acceptors (Lipinski definition) is 7. The number of methoxy groups -OCH3 is 1. The molecular weight excluding hydrogens is 366 g/mol. The number of nitrogens with zero attached hydrogens (tertiary/aromatic N) is 1. The molecule has 0 aliphatic heterocycles. The average molecular weight is 383 g/mol. The van der Waals surface area contributed by atoms with Gasteiger partial charge in [0.2, 0.25) is 0 Å². The fourth-order valence-corrected chi connectivity index (χ4v) is 2.31. The Morgan fingerprint density at radius 1 is 1.07 bits per heavy atom. The molecule has 28 heavy (non-hydrogen) atoms. The molecule has 0 bridgehead atoms. The molecule has 0 saturated carbocycles. The van der Waals surface area contributed by atoms with Crippen LogP contribution in [-0.2, 0) is 9.59 Å². The van der Waals surface area contributed by atoms with Crippen LogP contribution < -0.4 is 4.74 Å². The number of nitro groups is 1. The Kier molecular flexibility index (Phi) is 6.64. The lowest BCUT2D eigenvalue weighted by molar-refractivity contribution is -0.385. The van der Waals surface area contributed by atoms with Crippen molar-refractivity contribution in [2.24, 2.45) is 0 Å². The van der Waals surface area contributed by atoms with Crippen molar-refractivity contribution < 1.29 is 29.5 Å². The Balaban J connectivity index is 2.02. The number of hydrogen-bond donors (Lipinski definition) is 2. The van der Waals surface area contributed by atoms with E-state index < -0.39 is 22.9 Å². The second-order valence-corrected chi connectivity index (χ2v) is 5.71. The molecule has 0 unspecified atom stereocenters. The zero-order chi connectivity index (χ0) is 20.7. The summed E-state index contributed by atoms with van der Waals surface area (Å²) in [5.41, 5.74) is 0.326. The number of carbonyl (C=O) groups is 2. The molecule has 2 N–H and O–H groups in total. The van der Waals surface area contributed by atoms with Gasteiger partial charge in [0.1, 0.15) is 5.75 Å². The normalized spacial score (nSPS) is 11.0. The maximum Gasteiger partial charge on any atom is 0.276 e. The maximum absolute atomic E-state index is 11.9. The highest BCUT2D eigenvalue weighted by molar-refractivity contribution is 6.11. The van der Waals surface area contributed by atoms with Gasteiger partial charge in [-0.1, -0.05) is 12.1 Å². The van der Waals surface area contributed by atoms with Crippen LogP contribution in [-0.4, -0.2) is 33.8 Å². The summed E-state index contributed by atoms with van der Waals surface area (Å²) in [6.45, 7) is 0. The predicted octanol–water partition coefficient (Wildman–Crippen LogP) is 3.27. The van der Waals surface area contributed by atoms with E-state index in [0.717, 1.165) is 18.2 Å². The molecule has 144 valence electrons. The van der Waals surface area contributed by atoms with Crippen molar-refractivity contribution in [1.29, 1.82) is 0 Å². The Hall–Kier alpha value is -3.94. The topological polar surface area (TPSA) is 127 Å². The van der Waals surface area contributed by atoms with Gasteiger partial charge < -0.3 is 14.9 Å². The van der Waals surface area contributed by atoms with E-state index in [-0.39, 0.29) is 22.7 Å². The van der Waals surface area contributed by atoms with Gasteiger partial charge in [-0.25, -0.2) is 0 Å². The van der Waals surface area contributed by atoms with Crippen LogP contribution in [0.5, 0.6) is 17.2 Å². The Morgan fingerprint density at radius 2 is 1.75 bits per heavy atom. The van der Waals surface area contributed by atoms with Crippen LogP contribution in [0, 0.1) is 10.1 Å². The van der Waals surface area contributed by atoms with Gasteiger partial charge in [0.05, 0.1) is 24.0 Å². The minimum Gasteiger partial charge on any atom is -0.508 e.